The third-order valence-corrected chi connectivity index (χ3v) is 2.81. The highest BCUT2D eigenvalue weighted by Crippen LogP contribution is 2.05. The van der Waals surface area contributed by atoms with E-state index in [2.05, 4.69) is 10.1 Å². The topological polar surface area (TPSA) is 47.8 Å². The second kappa shape index (κ2) is 5.58. The number of aryl methyl sites for hydroxylation is 2. The van der Waals surface area contributed by atoms with Crippen LogP contribution in [-0.2, 0) is 19.4 Å². The van der Waals surface area contributed by atoms with Crippen LogP contribution in [0.2, 0.25) is 0 Å². The van der Waals surface area contributed by atoms with Crippen LogP contribution >= 0.6 is 0 Å². The summed E-state index contributed by atoms with van der Waals surface area (Å²) in [4.78, 5) is 16.5. The van der Waals surface area contributed by atoms with E-state index in [4.69, 9.17) is 0 Å². The molecule has 0 aliphatic carbocycles. The smallest absolute Gasteiger partial charge is 0.184 e. The number of benzene rings is 1. The Morgan fingerprint density at radius 1 is 1.17 bits per heavy atom. The van der Waals surface area contributed by atoms with Crippen molar-refractivity contribution in [3.05, 3.63) is 47.5 Å². The van der Waals surface area contributed by atoms with E-state index in [9.17, 15) is 4.79 Å². The molecule has 0 N–H and O–H groups in total. The summed E-state index contributed by atoms with van der Waals surface area (Å²) in [5, 5.41) is 4.35. The first kappa shape index (κ1) is 12.5. The molecule has 0 saturated heterocycles. The lowest BCUT2D eigenvalue weighted by molar-refractivity contribution is 0.0966. The van der Waals surface area contributed by atoms with Gasteiger partial charge in [-0.25, -0.2) is 9.67 Å². The van der Waals surface area contributed by atoms with E-state index in [1.54, 1.807) is 4.68 Å². The zero-order valence-corrected chi connectivity index (χ0v) is 10.8. The molecule has 4 nitrogen and oxygen atoms in total. The van der Waals surface area contributed by atoms with Crippen LogP contribution in [0.5, 0.6) is 0 Å². The van der Waals surface area contributed by atoms with E-state index in [-0.39, 0.29) is 12.3 Å². The minimum absolute atomic E-state index is 0.0675. The molecule has 1 aromatic carbocycles. The summed E-state index contributed by atoms with van der Waals surface area (Å²) in [6.45, 7) is 4.30. The summed E-state index contributed by atoms with van der Waals surface area (Å²) in [7, 11) is 0. The third kappa shape index (κ3) is 2.64. The maximum absolute atomic E-state index is 12.1. The fourth-order valence-corrected chi connectivity index (χ4v) is 1.82. The van der Waals surface area contributed by atoms with Gasteiger partial charge in [0.1, 0.15) is 12.4 Å². The van der Waals surface area contributed by atoms with Gasteiger partial charge in [-0.1, -0.05) is 44.2 Å². The second-order valence-corrected chi connectivity index (χ2v) is 4.10. The van der Waals surface area contributed by atoms with Crippen molar-refractivity contribution in [2.75, 3.05) is 0 Å². The Balaban J connectivity index is 2.19. The summed E-state index contributed by atoms with van der Waals surface area (Å²) in [5.74, 6) is 1.74. The Morgan fingerprint density at radius 3 is 2.50 bits per heavy atom. The van der Waals surface area contributed by atoms with E-state index in [1.165, 1.54) is 0 Å². The first-order chi connectivity index (χ1) is 8.74. The van der Waals surface area contributed by atoms with E-state index in [0.717, 1.165) is 24.5 Å². The highest BCUT2D eigenvalue weighted by Gasteiger charge is 2.12. The fraction of sp³-hybridized carbons (Fsp3) is 0.357. The lowest BCUT2D eigenvalue weighted by atomic mass is 10.1. The lowest BCUT2D eigenvalue weighted by Crippen LogP contribution is -2.14. The molecule has 1 heterocycles. The van der Waals surface area contributed by atoms with Gasteiger partial charge in [0.2, 0.25) is 0 Å². The van der Waals surface area contributed by atoms with Crippen LogP contribution in [0.1, 0.15) is 35.9 Å². The average Bonchev–Trinajstić information content (AvgIpc) is 2.82. The minimum Gasteiger partial charge on any atom is -0.292 e. The first-order valence-electron chi connectivity index (χ1n) is 6.25. The number of ketones is 1. The first-order valence-corrected chi connectivity index (χ1v) is 6.25. The maximum Gasteiger partial charge on any atom is 0.184 e. The van der Waals surface area contributed by atoms with Crippen LogP contribution in [0.3, 0.4) is 0 Å². The minimum atomic E-state index is 0.0675. The van der Waals surface area contributed by atoms with Crippen molar-refractivity contribution >= 4 is 5.78 Å². The Morgan fingerprint density at radius 2 is 1.89 bits per heavy atom. The summed E-state index contributed by atoms with van der Waals surface area (Å²) in [6.07, 6.45) is 1.58. The molecule has 0 unspecified atom stereocenters. The number of hydrogen-bond acceptors (Lipinski definition) is 3. The number of carbonyl (C=O) groups is 1. The molecule has 0 atom stereocenters. The van der Waals surface area contributed by atoms with Crippen LogP contribution in [0.15, 0.2) is 30.3 Å². The van der Waals surface area contributed by atoms with Gasteiger partial charge in [0.25, 0.3) is 0 Å². The molecule has 0 saturated carbocycles. The molecule has 94 valence electrons. The van der Waals surface area contributed by atoms with Gasteiger partial charge in [0.05, 0.1) is 0 Å². The Hall–Kier alpha value is -1.97. The molecule has 2 aromatic rings. The Kier molecular flexibility index (Phi) is 3.87. The number of nitrogens with zero attached hydrogens (tertiary/aromatic N) is 3. The molecule has 0 spiro atoms. The summed E-state index contributed by atoms with van der Waals surface area (Å²) >= 11 is 0. The fourth-order valence-electron chi connectivity index (χ4n) is 1.82. The average molecular weight is 243 g/mol. The standard InChI is InChI=1S/C14H17N3O/c1-3-13-15-14(4-2)17(16-13)10-12(18)11-8-6-5-7-9-11/h5-9H,3-4,10H2,1-2H3. The SMILES string of the molecule is CCc1nc(CC)n(CC(=O)c2ccccc2)n1. The van der Waals surface area contributed by atoms with Crippen molar-refractivity contribution < 1.29 is 4.79 Å². The Bertz CT molecular complexity index is 531. The number of carbonyl (C=O) groups excluding carboxylic acids is 1. The summed E-state index contributed by atoms with van der Waals surface area (Å²) in [6, 6.07) is 9.29. The van der Waals surface area contributed by atoms with Crippen molar-refractivity contribution in [2.45, 2.75) is 33.2 Å². The summed E-state index contributed by atoms with van der Waals surface area (Å²) < 4.78 is 1.72. The molecule has 0 bridgehead atoms. The van der Waals surface area contributed by atoms with Gasteiger partial charge in [-0.15, -0.1) is 0 Å². The van der Waals surface area contributed by atoms with E-state index in [0.29, 0.717) is 5.56 Å². The van der Waals surface area contributed by atoms with Crippen molar-refractivity contribution in [3.63, 3.8) is 0 Å². The third-order valence-electron chi connectivity index (χ3n) is 2.81. The van der Waals surface area contributed by atoms with E-state index in [1.807, 2.05) is 44.2 Å². The van der Waals surface area contributed by atoms with Gasteiger partial charge in [-0.2, -0.15) is 5.10 Å². The highest BCUT2D eigenvalue weighted by molar-refractivity contribution is 5.95. The van der Waals surface area contributed by atoms with Gasteiger partial charge < -0.3 is 0 Å². The van der Waals surface area contributed by atoms with Crippen LogP contribution < -0.4 is 0 Å². The molecule has 1 aromatic heterocycles. The van der Waals surface area contributed by atoms with E-state index < -0.39 is 0 Å². The van der Waals surface area contributed by atoms with Gasteiger partial charge in [-0.3, -0.25) is 4.79 Å². The Labute approximate surface area is 107 Å². The second-order valence-electron chi connectivity index (χ2n) is 4.10. The van der Waals surface area contributed by atoms with Crippen LogP contribution in [0.4, 0.5) is 0 Å². The molecule has 0 aliphatic rings. The van der Waals surface area contributed by atoms with Crippen molar-refractivity contribution in [1.82, 2.24) is 14.8 Å². The van der Waals surface area contributed by atoms with Crippen molar-refractivity contribution in [1.29, 1.82) is 0 Å². The van der Waals surface area contributed by atoms with Gasteiger partial charge in [0, 0.05) is 18.4 Å². The quantitative estimate of drug-likeness (QED) is 0.757. The molecular formula is C14H17N3O. The monoisotopic (exact) mass is 243 g/mol. The maximum atomic E-state index is 12.1. The van der Waals surface area contributed by atoms with Gasteiger partial charge in [0.15, 0.2) is 11.6 Å². The summed E-state index contributed by atoms with van der Waals surface area (Å²) in [5.41, 5.74) is 0.716. The predicted molar refractivity (Wildman–Crippen MR) is 69.6 cm³/mol. The predicted octanol–water partition coefficient (Wildman–Crippen LogP) is 2.29. The lowest BCUT2D eigenvalue weighted by Gasteiger charge is -2.03. The van der Waals surface area contributed by atoms with Crippen LogP contribution in [0.25, 0.3) is 0 Å². The molecule has 18 heavy (non-hydrogen) atoms. The van der Waals surface area contributed by atoms with Crippen LogP contribution in [0, 0.1) is 0 Å². The highest BCUT2D eigenvalue weighted by atomic mass is 16.1. The van der Waals surface area contributed by atoms with Crippen molar-refractivity contribution in [3.8, 4) is 0 Å². The molecule has 0 fully saturated rings. The van der Waals surface area contributed by atoms with Gasteiger partial charge in [-0.05, 0) is 0 Å². The molecular weight excluding hydrogens is 226 g/mol. The number of hydrogen-bond donors (Lipinski definition) is 0. The zero-order valence-electron chi connectivity index (χ0n) is 10.8. The van der Waals surface area contributed by atoms with Crippen molar-refractivity contribution in [2.24, 2.45) is 0 Å². The molecule has 0 aliphatic heterocycles. The number of Topliss-reactive ketones (excluding diaryl/α,β-unsaturated/α-hetero) is 1. The molecule has 0 amide bonds. The molecule has 4 heteroatoms. The molecule has 2 rings (SSSR count). The van der Waals surface area contributed by atoms with E-state index >= 15 is 0 Å². The molecule has 0 radical (unpaired) electrons. The normalized spacial score (nSPS) is 10.6. The van der Waals surface area contributed by atoms with Gasteiger partial charge >= 0.3 is 0 Å². The largest absolute Gasteiger partial charge is 0.292 e. The number of rotatable bonds is 5. The number of aromatic nitrogens is 3. The zero-order chi connectivity index (χ0) is 13.0. The van der Waals surface area contributed by atoms with Crippen LogP contribution in [-0.4, -0.2) is 20.5 Å².